The topological polar surface area (TPSA) is 38.9 Å². The van der Waals surface area contributed by atoms with Crippen molar-refractivity contribution in [1.82, 2.24) is 4.98 Å². The van der Waals surface area contributed by atoms with E-state index in [-0.39, 0.29) is 10.8 Å². The highest BCUT2D eigenvalue weighted by Gasteiger charge is 2.36. The first-order chi connectivity index (χ1) is 7.12. The second-order valence-corrected chi connectivity index (χ2v) is 6.17. The Hall–Kier alpha value is -0.540. The minimum atomic E-state index is 0.109. The molecule has 2 atom stereocenters. The molecular formula is C12H18N2S. The van der Waals surface area contributed by atoms with Gasteiger partial charge < -0.3 is 5.73 Å². The van der Waals surface area contributed by atoms with Gasteiger partial charge in [-0.25, -0.2) is 0 Å². The monoisotopic (exact) mass is 222 g/mol. The molecule has 1 aromatic heterocycles. The minimum Gasteiger partial charge on any atom is -0.323 e. The number of hydrogen-bond acceptors (Lipinski definition) is 3. The molecular weight excluding hydrogens is 204 g/mol. The average molecular weight is 222 g/mol. The molecule has 0 aromatic carbocycles. The van der Waals surface area contributed by atoms with Crippen molar-refractivity contribution in [3.63, 3.8) is 0 Å². The maximum atomic E-state index is 6.34. The molecule has 0 saturated carbocycles. The van der Waals surface area contributed by atoms with Crippen LogP contribution in [0.15, 0.2) is 18.5 Å². The van der Waals surface area contributed by atoms with Crippen molar-refractivity contribution in [1.29, 1.82) is 0 Å². The number of nitrogens with zero attached hydrogens (tertiary/aromatic N) is 1. The van der Waals surface area contributed by atoms with Crippen LogP contribution in [0, 0.1) is 6.92 Å². The lowest BCUT2D eigenvalue weighted by Crippen LogP contribution is -2.33. The average Bonchev–Trinajstić information content (AvgIpc) is 2.65. The summed E-state index contributed by atoms with van der Waals surface area (Å²) in [6, 6.07) is 2.26. The van der Waals surface area contributed by atoms with Gasteiger partial charge in [0.15, 0.2) is 0 Å². The number of rotatable bonds is 2. The summed E-state index contributed by atoms with van der Waals surface area (Å²) >= 11 is 2.00. The molecule has 0 bridgehead atoms. The van der Waals surface area contributed by atoms with Crippen molar-refractivity contribution in [2.75, 3.05) is 5.75 Å². The van der Waals surface area contributed by atoms with Gasteiger partial charge in [-0.1, -0.05) is 6.07 Å². The molecule has 0 aliphatic carbocycles. The summed E-state index contributed by atoms with van der Waals surface area (Å²) in [7, 11) is 0. The van der Waals surface area contributed by atoms with E-state index in [4.69, 9.17) is 5.73 Å². The quantitative estimate of drug-likeness (QED) is 0.836. The minimum absolute atomic E-state index is 0.109. The Morgan fingerprint density at radius 1 is 1.53 bits per heavy atom. The van der Waals surface area contributed by atoms with Crippen LogP contribution in [-0.2, 0) is 0 Å². The summed E-state index contributed by atoms with van der Waals surface area (Å²) in [4.78, 5) is 4.22. The molecule has 15 heavy (non-hydrogen) atoms. The number of aromatic nitrogens is 1. The van der Waals surface area contributed by atoms with E-state index < -0.39 is 0 Å². The Morgan fingerprint density at radius 3 is 2.93 bits per heavy atom. The zero-order valence-electron chi connectivity index (χ0n) is 9.36. The molecule has 3 heteroatoms. The molecule has 0 spiro atoms. The molecule has 1 aliphatic heterocycles. The maximum absolute atomic E-state index is 6.34. The van der Waals surface area contributed by atoms with Crippen molar-refractivity contribution < 1.29 is 0 Å². The third-order valence-corrected chi connectivity index (χ3v) is 4.77. The Bertz CT molecular complexity index is 345. The SMILES string of the molecule is Cc1cncc(C(N)C2(C)CCCS2)c1. The highest BCUT2D eigenvalue weighted by atomic mass is 32.2. The molecule has 82 valence electrons. The second-order valence-electron chi connectivity index (χ2n) is 4.54. The highest BCUT2D eigenvalue weighted by Crippen LogP contribution is 2.45. The summed E-state index contributed by atoms with van der Waals surface area (Å²) in [5, 5.41) is 0. The third-order valence-electron chi connectivity index (χ3n) is 3.16. The van der Waals surface area contributed by atoms with Crippen LogP contribution >= 0.6 is 11.8 Å². The molecule has 1 aliphatic rings. The van der Waals surface area contributed by atoms with Gasteiger partial charge in [-0.05, 0) is 43.6 Å². The lowest BCUT2D eigenvalue weighted by molar-refractivity contribution is 0.500. The van der Waals surface area contributed by atoms with Crippen molar-refractivity contribution in [3.8, 4) is 0 Å². The van der Waals surface area contributed by atoms with Gasteiger partial charge in [0.25, 0.3) is 0 Å². The van der Waals surface area contributed by atoms with Crippen LogP contribution in [0.3, 0.4) is 0 Å². The molecule has 1 fully saturated rings. The molecule has 1 aromatic rings. The highest BCUT2D eigenvalue weighted by molar-refractivity contribution is 8.00. The molecule has 2 nitrogen and oxygen atoms in total. The fourth-order valence-electron chi connectivity index (χ4n) is 2.15. The Labute approximate surface area is 95.7 Å². The number of thioether (sulfide) groups is 1. The second kappa shape index (κ2) is 4.14. The van der Waals surface area contributed by atoms with Crippen molar-refractivity contribution in [3.05, 3.63) is 29.6 Å². The van der Waals surface area contributed by atoms with Crippen LogP contribution in [-0.4, -0.2) is 15.5 Å². The van der Waals surface area contributed by atoms with E-state index in [1.165, 1.54) is 29.7 Å². The first-order valence-electron chi connectivity index (χ1n) is 5.43. The van der Waals surface area contributed by atoms with Crippen LogP contribution in [0.5, 0.6) is 0 Å². The van der Waals surface area contributed by atoms with Gasteiger partial charge in [0.2, 0.25) is 0 Å². The van der Waals surface area contributed by atoms with Crippen LogP contribution < -0.4 is 5.73 Å². The van der Waals surface area contributed by atoms with Gasteiger partial charge in [0.05, 0.1) is 0 Å². The summed E-state index contributed by atoms with van der Waals surface area (Å²) in [5.74, 6) is 1.24. The molecule has 2 heterocycles. The van der Waals surface area contributed by atoms with Gasteiger partial charge in [0, 0.05) is 23.2 Å². The van der Waals surface area contributed by atoms with E-state index in [9.17, 15) is 0 Å². The summed E-state index contributed by atoms with van der Waals surface area (Å²) in [6.45, 7) is 4.34. The van der Waals surface area contributed by atoms with Gasteiger partial charge in [-0.2, -0.15) is 11.8 Å². The molecule has 1 saturated heterocycles. The molecule has 2 N–H and O–H groups in total. The van der Waals surface area contributed by atoms with Crippen LogP contribution in [0.2, 0.25) is 0 Å². The van der Waals surface area contributed by atoms with E-state index in [1.54, 1.807) is 0 Å². The number of nitrogens with two attached hydrogens (primary N) is 1. The Kier molecular flexibility index (Phi) is 3.03. The fraction of sp³-hybridized carbons (Fsp3) is 0.583. The van der Waals surface area contributed by atoms with E-state index in [1.807, 2.05) is 24.2 Å². The smallest absolute Gasteiger partial charge is 0.0456 e. The van der Waals surface area contributed by atoms with E-state index in [2.05, 4.69) is 24.9 Å². The maximum Gasteiger partial charge on any atom is 0.0456 e. The van der Waals surface area contributed by atoms with Gasteiger partial charge in [-0.3, -0.25) is 4.98 Å². The normalized spacial score (nSPS) is 27.9. The van der Waals surface area contributed by atoms with Crippen molar-refractivity contribution in [2.24, 2.45) is 5.73 Å². The predicted octanol–water partition coefficient (Wildman–Crippen LogP) is 2.68. The molecule has 2 rings (SSSR count). The summed E-state index contributed by atoms with van der Waals surface area (Å²) < 4.78 is 0.204. The zero-order valence-corrected chi connectivity index (χ0v) is 10.2. The predicted molar refractivity (Wildman–Crippen MR) is 66.0 cm³/mol. The van der Waals surface area contributed by atoms with Gasteiger partial charge >= 0.3 is 0 Å². The summed E-state index contributed by atoms with van der Waals surface area (Å²) in [5.41, 5.74) is 8.71. The van der Waals surface area contributed by atoms with E-state index in [0.717, 1.165) is 0 Å². The number of hydrogen-bond donors (Lipinski definition) is 1. The van der Waals surface area contributed by atoms with Crippen molar-refractivity contribution in [2.45, 2.75) is 37.5 Å². The Balaban J connectivity index is 2.23. The Morgan fingerprint density at radius 2 is 2.33 bits per heavy atom. The third kappa shape index (κ3) is 2.18. The molecule has 2 unspecified atom stereocenters. The number of pyridine rings is 1. The zero-order chi connectivity index (χ0) is 10.9. The molecule has 0 amide bonds. The van der Waals surface area contributed by atoms with Crippen LogP contribution in [0.1, 0.15) is 36.9 Å². The molecule has 0 radical (unpaired) electrons. The van der Waals surface area contributed by atoms with Crippen molar-refractivity contribution >= 4 is 11.8 Å². The lowest BCUT2D eigenvalue weighted by atomic mass is 9.91. The van der Waals surface area contributed by atoms with Crippen LogP contribution in [0.4, 0.5) is 0 Å². The van der Waals surface area contributed by atoms with E-state index in [0.29, 0.717) is 0 Å². The van der Waals surface area contributed by atoms with Gasteiger partial charge in [0.1, 0.15) is 0 Å². The standard InChI is InChI=1S/C12H18N2S/c1-9-6-10(8-14-7-9)11(13)12(2)4-3-5-15-12/h6-8,11H,3-5,13H2,1-2H3. The summed E-state index contributed by atoms with van der Waals surface area (Å²) in [6.07, 6.45) is 6.28. The van der Waals surface area contributed by atoms with E-state index >= 15 is 0 Å². The lowest BCUT2D eigenvalue weighted by Gasteiger charge is -2.30. The first kappa shape index (κ1) is 11.0. The van der Waals surface area contributed by atoms with Crippen LogP contribution in [0.25, 0.3) is 0 Å². The van der Waals surface area contributed by atoms with Gasteiger partial charge in [-0.15, -0.1) is 0 Å². The fourth-order valence-corrected chi connectivity index (χ4v) is 3.51. The largest absolute Gasteiger partial charge is 0.323 e. The number of aryl methyl sites for hydroxylation is 1. The first-order valence-corrected chi connectivity index (χ1v) is 6.41.